The van der Waals surface area contributed by atoms with Crippen LogP contribution in [0.5, 0.6) is 0 Å². The van der Waals surface area contributed by atoms with Gasteiger partial charge >= 0.3 is 0 Å². The average Bonchev–Trinajstić information content (AvgIpc) is 2.77. The van der Waals surface area contributed by atoms with E-state index in [4.69, 9.17) is 0 Å². The van der Waals surface area contributed by atoms with Crippen molar-refractivity contribution in [1.29, 1.82) is 0 Å². The van der Waals surface area contributed by atoms with Crippen molar-refractivity contribution in [2.45, 2.75) is 122 Å². The van der Waals surface area contributed by atoms with Crippen molar-refractivity contribution >= 4 is 0 Å². The highest BCUT2D eigenvalue weighted by Crippen LogP contribution is 2.49. The van der Waals surface area contributed by atoms with E-state index in [0.29, 0.717) is 17.4 Å². The molecule has 3 aliphatic rings. The number of unbranched alkanes of at least 4 members (excludes halogenated alkanes) is 3. The summed E-state index contributed by atoms with van der Waals surface area (Å²) in [4.78, 5) is 0. The maximum absolute atomic E-state index is 15.6. The fourth-order valence-electron chi connectivity index (χ4n) is 7.34. The third-order valence-electron chi connectivity index (χ3n) is 9.05. The Labute approximate surface area is 189 Å². The van der Waals surface area contributed by atoms with Crippen LogP contribution in [-0.4, -0.2) is 0 Å². The molecule has 2 heteroatoms. The van der Waals surface area contributed by atoms with Crippen LogP contribution in [0.25, 0.3) is 0 Å². The molecular weight excluding hydrogens is 386 g/mol. The van der Waals surface area contributed by atoms with Gasteiger partial charge in [0.15, 0.2) is 0 Å². The Hall–Kier alpha value is -0.920. The summed E-state index contributed by atoms with van der Waals surface area (Å²) in [6.07, 6.45) is 19.1. The predicted molar refractivity (Wildman–Crippen MR) is 126 cm³/mol. The fourth-order valence-corrected chi connectivity index (χ4v) is 7.34. The lowest BCUT2D eigenvalue weighted by Crippen LogP contribution is -2.31. The molecule has 0 bridgehead atoms. The van der Waals surface area contributed by atoms with E-state index in [1.165, 1.54) is 64.2 Å². The maximum Gasteiger partial charge on any atom is 0.133 e. The zero-order valence-electron chi connectivity index (χ0n) is 20.0. The van der Waals surface area contributed by atoms with Crippen LogP contribution < -0.4 is 0 Å². The Balaban J connectivity index is 1.39. The molecule has 0 radical (unpaired) electrons. The molecule has 0 spiro atoms. The van der Waals surface area contributed by atoms with E-state index >= 15 is 8.78 Å². The number of halogens is 2. The van der Waals surface area contributed by atoms with E-state index in [9.17, 15) is 0 Å². The average molecular weight is 431 g/mol. The van der Waals surface area contributed by atoms with E-state index in [1.54, 1.807) is 6.07 Å². The lowest BCUT2D eigenvalue weighted by molar-refractivity contribution is 0.111. The Morgan fingerprint density at radius 1 is 0.806 bits per heavy atom. The molecule has 0 aromatic heterocycles. The lowest BCUT2D eigenvalue weighted by Gasteiger charge is -2.42. The summed E-state index contributed by atoms with van der Waals surface area (Å²) in [6, 6.07) is 1.72. The van der Waals surface area contributed by atoms with Crippen molar-refractivity contribution in [3.05, 3.63) is 34.4 Å². The first-order chi connectivity index (χ1) is 15.1. The highest BCUT2D eigenvalue weighted by Gasteiger charge is 2.38. The van der Waals surface area contributed by atoms with Gasteiger partial charge in [-0.15, -0.1) is 0 Å². The molecule has 2 saturated carbocycles. The molecule has 0 N–H and O–H groups in total. The molecule has 0 aliphatic heterocycles. The standard InChI is InChI=1S/C29H44F2/c1-3-5-6-7-9-21-10-12-23-18-24(14-13-22(23)16-21)28-27(30)19-25-17-20(8-4-2)11-15-26(25)29(28)31/h19-24H,3-18H2,1-2H3. The minimum Gasteiger partial charge on any atom is -0.207 e. The second kappa shape index (κ2) is 10.8. The Kier molecular flexibility index (Phi) is 8.10. The number of benzene rings is 1. The molecule has 5 unspecified atom stereocenters. The van der Waals surface area contributed by atoms with Gasteiger partial charge < -0.3 is 0 Å². The zero-order chi connectivity index (χ0) is 21.8. The van der Waals surface area contributed by atoms with Crippen molar-refractivity contribution in [2.24, 2.45) is 23.7 Å². The summed E-state index contributed by atoms with van der Waals surface area (Å²) in [5.41, 5.74) is 2.26. The van der Waals surface area contributed by atoms with E-state index in [2.05, 4.69) is 13.8 Å². The summed E-state index contributed by atoms with van der Waals surface area (Å²) in [6.45, 7) is 4.48. The molecule has 0 saturated heterocycles. The summed E-state index contributed by atoms with van der Waals surface area (Å²) >= 11 is 0. The van der Waals surface area contributed by atoms with Crippen LogP contribution in [0.4, 0.5) is 8.78 Å². The molecule has 1 aromatic rings. The summed E-state index contributed by atoms with van der Waals surface area (Å²) in [7, 11) is 0. The van der Waals surface area contributed by atoms with Crippen LogP contribution in [0, 0.1) is 35.3 Å². The minimum atomic E-state index is -0.249. The first-order valence-corrected chi connectivity index (χ1v) is 13.6. The van der Waals surface area contributed by atoms with Gasteiger partial charge in [0.05, 0.1) is 0 Å². The highest BCUT2D eigenvalue weighted by atomic mass is 19.1. The predicted octanol–water partition coefficient (Wildman–Crippen LogP) is 9.14. The van der Waals surface area contributed by atoms with Gasteiger partial charge in [0.25, 0.3) is 0 Å². The molecule has 31 heavy (non-hydrogen) atoms. The number of fused-ring (bicyclic) bond motifs is 2. The molecule has 0 amide bonds. The minimum absolute atomic E-state index is 0.0982. The lowest BCUT2D eigenvalue weighted by atomic mass is 9.63. The summed E-state index contributed by atoms with van der Waals surface area (Å²) < 4.78 is 30.7. The summed E-state index contributed by atoms with van der Waals surface area (Å²) in [5, 5.41) is 0. The van der Waals surface area contributed by atoms with Gasteiger partial charge in [-0.3, -0.25) is 0 Å². The van der Waals surface area contributed by atoms with Gasteiger partial charge in [-0.1, -0.05) is 65.2 Å². The smallest absolute Gasteiger partial charge is 0.133 e. The van der Waals surface area contributed by atoms with Crippen LogP contribution >= 0.6 is 0 Å². The van der Waals surface area contributed by atoms with Crippen molar-refractivity contribution in [3.63, 3.8) is 0 Å². The molecule has 174 valence electrons. The van der Waals surface area contributed by atoms with Gasteiger partial charge in [-0.05, 0) is 98.1 Å². The van der Waals surface area contributed by atoms with E-state index < -0.39 is 0 Å². The van der Waals surface area contributed by atoms with E-state index in [-0.39, 0.29) is 17.6 Å². The first-order valence-electron chi connectivity index (χ1n) is 13.6. The van der Waals surface area contributed by atoms with Crippen molar-refractivity contribution < 1.29 is 8.78 Å². The highest BCUT2D eigenvalue weighted by molar-refractivity contribution is 5.39. The Bertz CT molecular complexity index is 724. The van der Waals surface area contributed by atoms with Crippen molar-refractivity contribution in [3.8, 4) is 0 Å². The van der Waals surface area contributed by atoms with Gasteiger partial charge in [-0.2, -0.15) is 0 Å². The van der Waals surface area contributed by atoms with Gasteiger partial charge in [-0.25, -0.2) is 8.78 Å². The SMILES string of the molecule is CCCCCCC1CCC2CC(c3c(F)cc4c(c3F)CCC(CCC)C4)CCC2C1. The van der Waals surface area contributed by atoms with Crippen LogP contribution in [0.1, 0.15) is 126 Å². The second-order valence-electron chi connectivity index (χ2n) is 11.2. The number of rotatable bonds is 8. The molecule has 2 fully saturated rings. The molecule has 1 aromatic carbocycles. The van der Waals surface area contributed by atoms with Gasteiger partial charge in [0.1, 0.15) is 11.6 Å². The Morgan fingerprint density at radius 2 is 1.61 bits per heavy atom. The topological polar surface area (TPSA) is 0 Å². The normalized spacial score (nSPS) is 30.6. The van der Waals surface area contributed by atoms with Crippen molar-refractivity contribution in [1.82, 2.24) is 0 Å². The monoisotopic (exact) mass is 430 g/mol. The second-order valence-corrected chi connectivity index (χ2v) is 11.2. The third kappa shape index (κ3) is 5.36. The van der Waals surface area contributed by atoms with Crippen LogP contribution in [-0.2, 0) is 12.8 Å². The molecule has 3 aliphatic carbocycles. The molecule has 5 atom stereocenters. The van der Waals surface area contributed by atoms with Crippen LogP contribution in [0.15, 0.2) is 6.07 Å². The zero-order valence-corrected chi connectivity index (χ0v) is 20.0. The Morgan fingerprint density at radius 3 is 2.42 bits per heavy atom. The fraction of sp³-hybridized carbons (Fsp3) is 0.793. The first kappa shape index (κ1) is 23.2. The van der Waals surface area contributed by atoms with Crippen molar-refractivity contribution in [2.75, 3.05) is 0 Å². The number of hydrogen-bond acceptors (Lipinski definition) is 0. The third-order valence-corrected chi connectivity index (χ3v) is 9.05. The quantitative estimate of drug-likeness (QED) is 0.361. The van der Waals surface area contributed by atoms with Crippen LogP contribution in [0.2, 0.25) is 0 Å². The molecule has 4 rings (SSSR count). The van der Waals surface area contributed by atoms with E-state index in [1.807, 2.05) is 0 Å². The number of hydrogen-bond donors (Lipinski definition) is 0. The molecule has 0 heterocycles. The van der Waals surface area contributed by atoms with Crippen LogP contribution in [0.3, 0.4) is 0 Å². The molecule has 0 nitrogen and oxygen atoms in total. The maximum atomic E-state index is 15.6. The largest absolute Gasteiger partial charge is 0.207 e. The van der Waals surface area contributed by atoms with E-state index in [0.717, 1.165) is 61.5 Å². The summed E-state index contributed by atoms with van der Waals surface area (Å²) in [5.74, 6) is 2.69. The van der Waals surface area contributed by atoms with Gasteiger partial charge in [0.2, 0.25) is 0 Å². The van der Waals surface area contributed by atoms with Gasteiger partial charge in [0, 0.05) is 5.56 Å². The molecular formula is C29H44F2.